The number of amides is 3. The van der Waals surface area contributed by atoms with Gasteiger partial charge in [0.1, 0.15) is 5.88 Å². The highest BCUT2D eigenvalue weighted by atomic mass is 35.5. The first-order valence-corrected chi connectivity index (χ1v) is 8.17. The maximum absolute atomic E-state index is 12.9. The summed E-state index contributed by atoms with van der Waals surface area (Å²) >= 11 is 5.71. The normalized spacial score (nSPS) is 30.9. The average molecular weight is 331 g/mol. The molecule has 118 valence electrons. The van der Waals surface area contributed by atoms with E-state index in [0.717, 1.165) is 16.4 Å². The summed E-state index contributed by atoms with van der Waals surface area (Å²) in [6.45, 7) is 0. The zero-order valence-electron chi connectivity index (χ0n) is 12.3. The Hall–Kier alpha value is -2.14. The van der Waals surface area contributed by atoms with Crippen LogP contribution >= 0.6 is 11.6 Å². The lowest BCUT2D eigenvalue weighted by Gasteiger charge is -2.30. The maximum atomic E-state index is 12.9. The monoisotopic (exact) mass is 330 g/mol. The van der Waals surface area contributed by atoms with E-state index >= 15 is 0 Å². The molecule has 1 aromatic rings. The van der Waals surface area contributed by atoms with Gasteiger partial charge >= 0.3 is 0 Å². The van der Waals surface area contributed by atoms with E-state index in [4.69, 9.17) is 11.6 Å². The molecule has 0 N–H and O–H groups in total. The first-order valence-electron chi connectivity index (χ1n) is 7.63. The molecule has 4 unspecified atom stereocenters. The highest BCUT2D eigenvalue weighted by molar-refractivity contribution is 6.30. The summed E-state index contributed by atoms with van der Waals surface area (Å²) in [4.78, 5) is 38.0. The van der Waals surface area contributed by atoms with Gasteiger partial charge in [-0.1, -0.05) is 30.4 Å². The summed E-state index contributed by atoms with van der Waals surface area (Å²) < 4.78 is 0. The molecular weight excluding hydrogens is 316 g/mol. The van der Waals surface area contributed by atoms with Crippen LogP contribution in [0, 0.1) is 23.7 Å². The van der Waals surface area contributed by atoms with E-state index < -0.39 is 5.91 Å². The predicted octanol–water partition coefficient (Wildman–Crippen LogP) is 1.98. The Morgan fingerprint density at radius 1 is 1.09 bits per heavy atom. The molecule has 0 aromatic heterocycles. The SMILES string of the molecule is O=C1C2C3C=CC(C3)C2C(=O)N1N(C(=O)CCl)c1ccccc1. The average Bonchev–Trinajstić information content (AvgIpc) is 3.25. The van der Waals surface area contributed by atoms with Crippen molar-refractivity contribution in [2.24, 2.45) is 23.7 Å². The number of hydrogen-bond donors (Lipinski definition) is 0. The maximum Gasteiger partial charge on any atom is 0.261 e. The number of benzene rings is 1. The number of allylic oxidation sites excluding steroid dienone is 2. The van der Waals surface area contributed by atoms with Crippen molar-refractivity contribution in [2.75, 3.05) is 10.9 Å². The van der Waals surface area contributed by atoms with Crippen molar-refractivity contribution in [1.29, 1.82) is 0 Å². The van der Waals surface area contributed by atoms with Gasteiger partial charge in [0.05, 0.1) is 17.5 Å². The van der Waals surface area contributed by atoms with Gasteiger partial charge in [-0.15, -0.1) is 11.6 Å². The summed E-state index contributed by atoms with van der Waals surface area (Å²) in [5.41, 5.74) is 0.472. The molecule has 4 rings (SSSR count). The van der Waals surface area contributed by atoms with Crippen LogP contribution in [0.1, 0.15) is 6.42 Å². The number of imide groups is 1. The van der Waals surface area contributed by atoms with Crippen molar-refractivity contribution in [3.8, 4) is 0 Å². The number of hydrogen-bond acceptors (Lipinski definition) is 3. The lowest BCUT2D eigenvalue weighted by molar-refractivity contribution is -0.144. The number of hydrazine groups is 1. The van der Waals surface area contributed by atoms with Crippen molar-refractivity contribution in [3.63, 3.8) is 0 Å². The molecule has 1 saturated heterocycles. The van der Waals surface area contributed by atoms with E-state index in [1.807, 2.05) is 12.2 Å². The summed E-state index contributed by atoms with van der Waals surface area (Å²) in [6, 6.07) is 8.68. The number of nitrogens with zero attached hydrogens (tertiary/aromatic N) is 2. The number of carbonyl (C=O) groups excluding carboxylic acids is 3. The Labute approximate surface area is 138 Å². The van der Waals surface area contributed by atoms with Crippen LogP contribution in [0.4, 0.5) is 5.69 Å². The van der Waals surface area contributed by atoms with E-state index in [2.05, 4.69) is 0 Å². The number of carbonyl (C=O) groups is 3. The van der Waals surface area contributed by atoms with Crippen molar-refractivity contribution in [2.45, 2.75) is 6.42 Å². The van der Waals surface area contributed by atoms with Crippen LogP contribution in [0.5, 0.6) is 0 Å². The van der Waals surface area contributed by atoms with E-state index in [-0.39, 0.29) is 41.4 Å². The van der Waals surface area contributed by atoms with Crippen LogP contribution in [-0.4, -0.2) is 28.6 Å². The Kier molecular flexibility index (Phi) is 3.27. The second kappa shape index (κ2) is 5.20. The number of halogens is 1. The lowest BCUT2D eigenvalue weighted by atomic mass is 9.85. The van der Waals surface area contributed by atoms with Gasteiger partial charge in [-0.05, 0) is 30.4 Å². The molecule has 1 aliphatic heterocycles. The zero-order valence-corrected chi connectivity index (χ0v) is 13.0. The van der Waals surface area contributed by atoms with Crippen LogP contribution in [0.2, 0.25) is 0 Å². The molecule has 2 aliphatic carbocycles. The smallest absolute Gasteiger partial charge is 0.261 e. The van der Waals surface area contributed by atoms with Crippen LogP contribution in [0.3, 0.4) is 0 Å². The Morgan fingerprint density at radius 3 is 2.17 bits per heavy atom. The first kappa shape index (κ1) is 14.5. The number of rotatable bonds is 3. The Balaban J connectivity index is 1.74. The number of alkyl halides is 1. The fourth-order valence-electron chi connectivity index (χ4n) is 4.08. The van der Waals surface area contributed by atoms with Crippen molar-refractivity contribution >= 4 is 35.0 Å². The van der Waals surface area contributed by atoms with Gasteiger partial charge in [-0.2, -0.15) is 5.01 Å². The van der Waals surface area contributed by atoms with Crippen molar-refractivity contribution in [3.05, 3.63) is 42.5 Å². The minimum atomic E-state index is -0.486. The van der Waals surface area contributed by atoms with E-state index in [1.54, 1.807) is 30.3 Å². The number of fused-ring (bicyclic) bond motifs is 5. The molecule has 3 aliphatic rings. The molecule has 5 nitrogen and oxygen atoms in total. The summed E-state index contributed by atoms with van der Waals surface area (Å²) in [7, 11) is 0. The Morgan fingerprint density at radius 2 is 1.65 bits per heavy atom. The van der Waals surface area contributed by atoms with Crippen LogP contribution < -0.4 is 5.01 Å². The Bertz CT molecular complexity index is 688. The third kappa shape index (κ3) is 1.96. The summed E-state index contributed by atoms with van der Waals surface area (Å²) in [5, 5.41) is 2.15. The van der Waals surface area contributed by atoms with Crippen molar-refractivity contribution < 1.29 is 14.4 Å². The van der Waals surface area contributed by atoms with E-state index in [9.17, 15) is 14.4 Å². The molecule has 2 bridgehead atoms. The van der Waals surface area contributed by atoms with Crippen molar-refractivity contribution in [1.82, 2.24) is 5.01 Å². The highest BCUT2D eigenvalue weighted by Crippen LogP contribution is 2.53. The minimum Gasteiger partial charge on any atom is -0.272 e. The molecule has 3 amide bonds. The number of anilines is 1. The second-order valence-corrected chi connectivity index (χ2v) is 6.43. The molecule has 1 aromatic carbocycles. The molecule has 1 heterocycles. The minimum absolute atomic E-state index is 0.107. The molecule has 0 spiro atoms. The van der Waals surface area contributed by atoms with Gasteiger partial charge in [0, 0.05) is 0 Å². The fourth-order valence-corrected chi connectivity index (χ4v) is 4.19. The summed E-state index contributed by atoms with van der Waals surface area (Å²) in [5.74, 6) is -1.84. The van der Waals surface area contributed by atoms with Gasteiger partial charge in [0.25, 0.3) is 17.7 Å². The quantitative estimate of drug-likeness (QED) is 0.484. The molecular formula is C17H15ClN2O3. The van der Waals surface area contributed by atoms with Crippen LogP contribution in [0.25, 0.3) is 0 Å². The zero-order chi connectivity index (χ0) is 16.1. The molecule has 23 heavy (non-hydrogen) atoms. The fraction of sp³-hybridized carbons (Fsp3) is 0.353. The van der Waals surface area contributed by atoms with E-state index in [0.29, 0.717) is 5.69 Å². The van der Waals surface area contributed by atoms with Gasteiger partial charge in [-0.25, -0.2) is 5.01 Å². The van der Waals surface area contributed by atoms with Crippen LogP contribution in [-0.2, 0) is 14.4 Å². The molecule has 2 fully saturated rings. The van der Waals surface area contributed by atoms with E-state index in [1.165, 1.54) is 0 Å². The molecule has 4 atom stereocenters. The first-order chi connectivity index (χ1) is 11.1. The standard InChI is InChI=1S/C17H15ClN2O3/c18-9-13(21)19(12-4-2-1-3-5-12)20-16(22)14-10-6-7-11(8-10)15(14)17(20)23/h1-7,10-11,14-15H,8-9H2. The topological polar surface area (TPSA) is 57.7 Å². The van der Waals surface area contributed by atoms with Crippen LogP contribution in [0.15, 0.2) is 42.5 Å². The highest BCUT2D eigenvalue weighted by Gasteiger charge is 2.61. The second-order valence-electron chi connectivity index (χ2n) is 6.16. The van der Waals surface area contributed by atoms with Gasteiger partial charge in [0.2, 0.25) is 0 Å². The largest absolute Gasteiger partial charge is 0.272 e. The third-order valence-electron chi connectivity index (χ3n) is 5.00. The van der Waals surface area contributed by atoms with Gasteiger partial charge in [0.15, 0.2) is 0 Å². The predicted molar refractivity (Wildman–Crippen MR) is 84.2 cm³/mol. The third-order valence-corrected chi connectivity index (χ3v) is 5.23. The summed E-state index contributed by atoms with van der Waals surface area (Å²) in [6.07, 6.45) is 4.91. The molecule has 6 heteroatoms. The van der Waals surface area contributed by atoms with Gasteiger partial charge in [-0.3, -0.25) is 14.4 Å². The van der Waals surface area contributed by atoms with Gasteiger partial charge < -0.3 is 0 Å². The molecule has 1 saturated carbocycles. The number of para-hydroxylation sites is 1. The lowest BCUT2D eigenvalue weighted by Crippen LogP contribution is -2.51. The molecule has 0 radical (unpaired) electrons.